The van der Waals surface area contributed by atoms with Gasteiger partial charge in [-0.15, -0.1) is 0 Å². The van der Waals surface area contributed by atoms with Crippen molar-refractivity contribution in [3.05, 3.63) is 225 Å². The molecule has 0 spiro atoms. The van der Waals surface area contributed by atoms with E-state index in [9.17, 15) is 0 Å². The lowest BCUT2D eigenvalue weighted by molar-refractivity contribution is 1.000. The average Bonchev–Trinajstić information content (AvgIpc) is 3.90. The van der Waals surface area contributed by atoms with Crippen LogP contribution in [0.15, 0.2) is 225 Å². The Hall–Kier alpha value is -8.80. The molecule has 0 unspecified atom stereocenters. The van der Waals surface area contributed by atoms with Gasteiger partial charge in [-0.05, 0) is 101 Å². The first-order chi connectivity index (χ1) is 32.8. The Balaban J connectivity index is 1.02. The molecule has 2 aliphatic rings. The molecule has 4 heterocycles. The van der Waals surface area contributed by atoms with Crippen LogP contribution in [0.2, 0.25) is 0 Å². The molecule has 14 rings (SSSR count). The zero-order valence-electron chi connectivity index (χ0n) is 35.9. The molecule has 9 aromatic carbocycles. The fraction of sp³-hybridized carbons (Fsp3) is 0.0164. The third-order valence-corrected chi connectivity index (χ3v) is 13.8. The minimum absolute atomic E-state index is 0.724. The summed E-state index contributed by atoms with van der Waals surface area (Å²) in [6.45, 7) is 0.724. The van der Waals surface area contributed by atoms with Gasteiger partial charge < -0.3 is 14.0 Å². The van der Waals surface area contributed by atoms with Crippen molar-refractivity contribution in [3.63, 3.8) is 0 Å². The van der Waals surface area contributed by atoms with Crippen molar-refractivity contribution in [2.24, 2.45) is 0 Å². The summed E-state index contributed by atoms with van der Waals surface area (Å²) in [5, 5.41) is 4.96. The number of hydrogen-bond donors (Lipinski definition) is 0. The van der Waals surface area contributed by atoms with Crippen molar-refractivity contribution in [2.75, 3.05) is 11.4 Å². The Morgan fingerprint density at radius 3 is 1.61 bits per heavy atom. The molecule has 5 heteroatoms. The van der Waals surface area contributed by atoms with Crippen molar-refractivity contribution in [2.45, 2.75) is 0 Å². The number of aromatic nitrogens is 3. The van der Waals surface area contributed by atoms with Gasteiger partial charge in [0, 0.05) is 74.1 Å². The van der Waals surface area contributed by atoms with Crippen LogP contribution in [-0.4, -0.2) is 26.9 Å². The summed E-state index contributed by atoms with van der Waals surface area (Å²) in [5.74, 6) is 0. The number of pyridine rings is 1. The summed E-state index contributed by atoms with van der Waals surface area (Å²) < 4.78 is 7.23. The molecule has 0 fully saturated rings. The molecule has 1 aliphatic carbocycles. The first-order valence-electron chi connectivity index (χ1n) is 22.7. The van der Waals surface area contributed by atoms with E-state index >= 15 is 0 Å². The summed E-state index contributed by atoms with van der Waals surface area (Å²) in [6, 6.07) is 79.8. The van der Waals surface area contributed by atoms with Gasteiger partial charge >= 0.3 is 0 Å². The van der Waals surface area contributed by atoms with Crippen molar-refractivity contribution in [1.29, 1.82) is 0 Å². The molecular weight excluding hydrogens is 803 g/mol. The normalized spacial score (nSPS) is 12.8. The Morgan fingerprint density at radius 2 is 0.894 bits per heavy atom. The summed E-state index contributed by atoms with van der Waals surface area (Å²) in [6.07, 6.45) is 4.24. The van der Waals surface area contributed by atoms with E-state index in [0.29, 0.717) is 0 Å². The lowest BCUT2D eigenvalue weighted by Gasteiger charge is -2.29. The molecule has 0 N–H and O–H groups in total. The van der Waals surface area contributed by atoms with E-state index in [-0.39, 0.29) is 0 Å². The molecule has 5 nitrogen and oxygen atoms in total. The van der Waals surface area contributed by atoms with Crippen LogP contribution in [-0.2, 0) is 0 Å². The maximum atomic E-state index is 5.20. The van der Waals surface area contributed by atoms with Crippen molar-refractivity contribution < 1.29 is 0 Å². The van der Waals surface area contributed by atoms with E-state index in [1.807, 2.05) is 6.20 Å². The molecule has 0 radical (unpaired) electrons. The van der Waals surface area contributed by atoms with Gasteiger partial charge in [0.25, 0.3) is 0 Å². The highest BCUT2D eigenvalue weighted by molar-refractivity contribution is 6.13. The fourth-order valence-electron chi connectivity index (χ4n) is 10.9. The van der Waals surface area contributed by atoms with Crippen molar-refractivity contribution in [1.82, 2.24) is 18.7 Å². The maximum Gasteiger partial charge on any atom is 0.235 e. The van der Waals surface area contributed by atoms with E-state index in [1.165, 1.54) is 65.9 Å². The smallest absolute Gasteiger partial charge is 0.235 e. The van der Waals surface area contributed by atoms with Crippen LogP contribution in [0.4, 0.5) is 22.7 Å². The first-order valence-corrected chi connectivity index (χ1v) is 22.7. The van der Waals surface area contributed by atoms with Crippen molar-refractivity contribution in [3.8, 4) is 56.0 Å². The van der Waals surface area contributed by atoms with Crippen molar-refractivity contribution >= 4 is 72.6 Å². The second-order valence-electron chi connectivity index (χ2n) is 17.3. The van der Waals surface area contributed by atoms with Crippen LogP contribution in [0.25, 0.3) is 99.6 Å². The molecule has 0 saturated heterocycles. The lowest BCUT2D eigenvalue weighted by Crippen LogP contribution is -2.29. The number of nitrogens with zero attached hydrogens (tertiary/aromatic N) is 5. The van der Waals surface area contributed by atoms with Gasteiger partial charge in [-0.1, -0.05) is 127 Å². The van der Waals surface area contributed by atoms with Crippen LogP contribution in [0.3, 0.4) is 0 Å². The standard InChI is InChI=1S/C61H40N5/c1-3-16-40(17-4-1)63-34-35-64(41-18-5-2-6-19-41)60-39-54-52(38-59(60)63)46-31-29-42(36-51(46)45-21-8-7-20-44(45)50-25-15-33-62-61(50)54)66-57-28-14-11-24-49(57)53-37-43(30-32-58(53)66)65-55-26-12-9-22-47(55)48-23-10-13-27-56(48)65/h1-34,36-39H,35H2/q+1. The largest absolute Gasteiger partial charge is 0.326 e. The molecule has 0 atom stereocenters. The van der Waals surface area contributed by atoms with Gasteiger partial charge in [0.2, 0.25) is 11.4 Å². The highest BCUT2D eigenvalue weighted by atomic mass is 15.2. The Morgan fingerprint density at radius 1 is 0.364 bits per heavy atom. The second-order valence-corrected chi connectivity index (χ2v) is 17.3. The SMILES string of the molecule is C1=[N+](c2ccccc2)c2cc3c(cc2N(c2ccccc2)C1)-c1ncccc1-c1ccccc1-c1cc(-n2c4ccccc4c4cc(-n5c6ccccc6c6ccccc65)ccc42)ccc1-3. The zero-order chi connectivity index (χ0) is 43.3. The number of fused-ring (bicyclic) bond motifs is 15. The molecule has 1 aliphatic heterocycles. The second kappa shape index (κ2) is 14.4. The average molecular weight is 843 g/mol. The summed E-state index contributed by atoms with van der Waals surface area (Å²) in [7, 11) is 0. The third-order valence-electron chi connectivity index (χ3n) is 13.8. The number of rotatable bonds is 4. The fourth-order valence-corrected chi connectivity index (χ4v) is 10.9. The van der Waals surface area contributed by atoms with Gasteiger partial charge in [-0.25, -0.2) is 0 Å². The van der Waals surface area contributed by atoms with Gasteiger partial charge in [-0.3, -0.25) is 4.98 Å². The Bertz CT molecular complexity index is 3920. The quantitative estimate of drug-likeness (QED) is 0.165. The van der Waals surface area contributed by atoms with Crippen LogP contribution in [0, 0.1) is 0 Å². The van der Waals surface area contributed by atoms with Gasteiger partial charge in [0.1, 0.15) is 12.2 Å². The highest BCUT2D eigenvalue weighted by Gasteiger charge is 2.33. The van der Waals surface area contributed by atoms with Crippen LogP contribution in [0.1, 0.15) is 0 Å². The summed E-state index contributed by atoms with van der Waals surface area (Å²) in [4.78, 5) is 7.62. The van der Waals surface area contributed by atoms with Gasteiger partial charge in [0.05, 0.1) is 27.8 Å². The van der Waals surface area contributed by atoms with E-state index in [1.54, 1.807) is 0 Å². The van der Waals surface area contributed by atoms with E-state index in [0.717, 1.165) is 63.1 Å². The van der Waals surface area contributed by atoms with E-state index in [2.05, 4.69) is 243 Å². The molecule has 3 aromatic heterocycles. The molecule has 0 amide bonds. The van der Waals surface area contributed by atoms with E-state index < -0.39 is 0 Å². The Labute approximate surface area is 381 Å². The Kier molecular flexibility index (Phi) is 7.98. The number of benzene rings is 9. The minimum atomic E-state index is 0.724. The van der Waals surface area contributed by atoms with E-state index in [4.69, 9.17) is 4.98 Å². The highest BCUT2D eigenvalue weighted by Crippen LogP contribution is 2.52. The lowest BCUT2D eigenvalue weighted by atomic mass is 9.82. The zero-order valence-corrected chi connectivity index (χ0v) is 35.9. The summed E-state index contributed by atoms with van der Waals surface area (Å²) in [5.41, 5.74) is 20.6. The number of para-hydroxylation sites is 5. The van der Waals surface area contributed by atoms with Crippen LogP contribution in [0.5, 0.6) is 0 Å². The molecule has 66 heavy (non-hydrogen) atoms. The molecule has 308 valence electrons. The predicted molar refractivity (Wildman–Crippen MR) is 276 cm³/mol. The molecule has 0 bridgehead atoms. The van der Waals surface area contributed by atoms with Crippen LogP contribution >= 0.6 is 0 Å². The minimum Gasteiger partial charge on any atom is -0.326 e. The molecule has 0 saturated carbocycles. The first kappa shape index (κ1) is 36.7. The van der Waals surface area contributed by atoms with Crippen LogP contribution < -0.4 is 9.48 Å². The predicted octanol–water partition coefficient (Wildman–Crippen LogP) is 15.3. The van der Waals surface area contributed by atoms with Gasteiger partial charge in [-0.2, -0.15) is 4.58 Å². The van der Waals surface area contributed by atoms with Gasteiger partial charge in [0.15, 0.2) is 6.21 Å². The molecular formula is C61H40N5+. The third kappa shape index (κ3) is 5.41. The maximum absolute atomic E-state index is 5.20. The number of anilines is 2. The topological polar surface area (TPSA) is 29.0 Å². The molecule has 12 aromatic rings. The number of hydrogen-bond acceptors (Lipinski definition) is 2. The monoisotopic (exact) mass is 842 g/mol. The summed E-state index contributed by atoms with van der Waals surface area (Å²) >= 11 is 0.